The van der Waals surface area contributed by atoms with Crippen LogP contribution >= 0.6 is 0 Å². The molecule has 0 saturated carbocycles. The van der Waals surface area contributed by atoms with Crippen molar-refractivity contribution >= 4 is 16.9 Å². The molecule has 1 amide bonds. The number of nitrogens with zero attached hydrogens (tertiary/aromatic N) is 5. The van der Waals surface area contributed by atoms with Crippen LogP contribution in [0.25, 0.3) is 22.3 Å². The number of ether oxygens (including phenoxy) is 1. The van der Waals surface area contributed by atoms with E-state index >= 15 is 0 Å². The zero-order chi connectivity index (χ0) is 20.2. The second kappa shape index (κ2) is 8.10. The fourth-order valence-corrected chi connectivity index (χ4v) is 3.16. The van der Waals surface area contributed by atoms with Gasteiger partial charge in [-0.15, -0.1) is 10.2 Å². The van der Waals surface area contributed by atoms with Gasteiger partial charge in [0, 0.05) is 37.3 Å². The maximum Gasteiger partial charge on any atom is 0.253 e. The highest BCUT2D eigenvalue weighted by Gasteiger charge is 2.13. The Kier molecular flexibility index (Phi) is 5.20. The quantitative estimate of drug-likeness (QED) is 0.508. The molecular weight excluding hydrogens is 366 g/mol. The van der Waals surface area contributed by atoms with Gasteiger partial charge >= 0.3 is 0 Å². The van der Waals surface area contributed by atoms with Crippen LogP contribution in [0.5, 0.6) is 5.88 Å². The molecule has 0 N–H and O–H groups in total. The van der Waals surface area contributed by atoms with Crippen LogP contribution in [-0.4, -0.2) is 51.3 Å². The first-order chi connectivity index (χ1) is 14.2. The second-order valence-corrected chi connectivity index (χ2v) is 6.70. The summed E-state index contributed by atoms with van der Waals surface area (Å²) in [5.41, 5.74) is 4.15. The molecule has 0 aliphatic rings. The van der Waals surface area contributed by atoms with Crippen molar-refractivity contribution in [1.29, 1.82) is 0 Å². The van der Waals surface area contributed by atoms with E-state index in [1.165, 1.54) is 0 Å². The summed E-state index contributed by atoms with van der Waals surface area (Å²) in [4.78, 5) is 19.0. The van der Waals surface area contributed by atoms with Crippen LogP contribution in [0.1, 0.15) is 10.4 Å². The van der Waals surface area contributed by atoms with E-state index in [0.29, 0.717) is 30.2 Å². The summed E-state index contributed by atoms with van der Waals surface area (Å²) in [7, 11) is 3.35. The summed E-state index contributed by atoms with van der Waals surface area (Å²) in [6, 6.07) is 18.9. The molecule has 0 aliphatic heterocycles. The Labute approximate surface area is 168 Å². The highest BCUT2D eigenvalue weighted by Crippen LogP contribution is 2.20. The minimum absolute atomic E-state index is 0.0438. The van der Waals surface area contributed by atoms with Crippen LogP contribution in [0, 0.1) is 0 Å². The van der Waals surface area contributed by atoms with Crippen LogP contribution in [0.3, 0.4) is 0 Å². The number of hydrogen-bond acceptors (Lipinski definition) is 5. The molecule has 2 aromatic heterocycles. The first kappa shape index (κ1) is 18.6. The Morgan fingerprint density at radius 1 is 1.07 bits per heavy atom. The van der Waals surface area contributed by atoms with E-state index < -0.39 is 0 Å². The summed E-state index contributed by atoms with van der Waals surface area (Å²) >= 11 is 0. The van der Waals surface area contributed by atoms with Crippen molar-refractivity contribution in [2.45, 2.75) is 6.54 Å². The minimum atomic E-state index is -0.0438. The van der Waals surface area contributed by atoms with Gasteiger partial charge in [0.25, 0.3) is 5.91 Å². The molecule has 0 atom stereocenters. The van der Waals surface area contributed by atoms with Crippen LogP contribution in [0.4, 0.5) is 0 Å². The average molecular weight is 387 g/mol. The molecule has 2 heterocycles. The summed E-state index contributed by atoms with van der Waals surface area (Å²) in [6.45, 7) is 1.25. The predicted molar refractivity (Wildman–Crippen MR) is 111 cm³/mol. The molecule has 4 rings (SSSR count). The summed E-state index contributed by atoms with van der Waals surface area (Å²) in [5, 5.41) is 8.14. The van der Waals surface area contributed by atoms with Gasteiger partial charge in [-0.3, -0.25) is 4.79 Å². The third kappa shape index (κ3) is 3.94. The first-order valence-electron chi connectivity index (χ1n) is 9.29. The molecule has 0 bridgehead atoms. The van der Waals surface area contributed by atoms with E-state index in [2.05, 4.69) is 19.7 Å². The molecule has 7 heteroatoms. The van der Waals surface area contributed by atoms with Crippen LogP contribution < -0.4 is 4.74 Å². The lowest BCUT2D eigenvalue weighted by atomic mass is 10.1. The summed E-state index contributed by atoms with van der Waals surface area (Å²) in [5.74, 6) is 0.408. The van der Waals surface area contributed by atoms with Crippen molar-refractivity contribution in [3.63, 3.8) is 0 Å². The zero-order valence-electron chi connectivity index (χ0n) is 16.3. The minimum Gasteiger partial charge on any atom is -0.480 e. The van der Waals surface area contributed by atoms with Crippen molar-refractivity contribution in [2.24, 2.45) is 0 Å². The van der Waals surface area contributed by atoms with Crippen LogP contribution in [0.15, 0.2) is 67.0 Å². The third-order valence-electron chi connectivity index (χ3n) is 4.80. The molecule has 4 aromatic rings. The summed E-state index contributed by atoms with van der Waals surface area (Å²) in [6.07, 6.45) is 1.81. The number of aromatic nitrogens is 4. The molecule has 0 aliphatic carbocycles. The van der Waals surface area contributed by atoms with Crippen molar-refractivity contribution in [2.75, 3.05) is 20.7 Å². The summed E-state index contributed by atoms with van der Waals surface area (Å²) < 4.78 is 7.10. The van der Waals surface area contributed by atoms with E-state index in [1.807, 2.05) is 60.9 Å². The van der Waals surface area contributed by atoms with Crippen LogP contribution in [0.2, 0.25) is 0 Å². The van der Waals surface area contributed by atoms with E-state index in [1.54, 1.807) is 25.1 Å². The van der Waals surface area contributed by atoms with Gasteiger partial charge in [-0.2, -0.15) is 0 Å². The molecular formula is C22H21N5O2. The SMILES string of the molecule is COc1ccc(-c2cccc(C(=O)N(C)CCn3cnc4ccccc43)c2)nn1. The van der Waals surface area contributed by atoms with Crippen molar-refractivity contribution < 1.29 is 9.53 Å². The van der Waals surface area contributed by atoms with Gasteiger partial charge in [-0.05, 0) is 30.3 Å². The standard InChI is InChI=1S/C22H21N5O2/c1-26(12-13-27-15-23-19-8-3-4-9-20(19)27)22(28)17-7-5-6-16(14-17)18-10-11-21(29-2)25-24-18/h3-11,14-15H,12-13H2,1-2H3. The molecule has 0 spiro atoms. The number of likely N-dealkylation sites (N-methyl/N-ethyl adjacent to an activating group) is 1. The number of benzene rings is 2. The van der Waals surface area contributed by atoms with Crippen molar-refractivity contribution in [3.05, 3.63) is 72.6 Å². The Balaban J connectivity index is 1.47. The molecule has 0 unspecified atom stereocenters. The number of amides is 1. The number of hydrogen-bond donors (Lipinski definition) is 0. The molecule has 7 nitrogen and oxygen atoms in total. The predicted octanol–water partition coefficient (Wildman–Crippen LogP) is 3.27. The number of carbonyl (C=O) groups is 1. The molecule has 0 fully saturated rings. The van der Waals surface area contributed by atoms with Crippen molar-refractivity contribution in [1.82, 2.24) is 24.6 Å². The normalized spacial score (nSPS) is 10.8. The van der Waals surface area contributed by atoms with E-state index in [9.17, 15) is 4.79 Å². The Morgan fingerprint density at radius 2 is 1.93 bits per heavy atom. The van der Waals surface area contributed by atoms with Gasteiger partial charge in [-0.25, -0.2) is 4.98 Å². The maximum atomic E-state index is 12.9. The molecule has 0 radical (unpaired) electrons. The fraction of sp³-hybridized carbons (Fsp3) is 0.182. The van der Waals surface area contributed by atoms with Gasteiger partial charge in [0.05, 0.1) is 30.2 Å². The monoisotopic (exact) mass is 387 g/mol. The largest absolute Gasteiger partial charge is 0.480 e. The van der Waals surface area contributed by atoms with Gasteiger partial charge in [0.15, 0.2) is 0 Å². The number of methoxy groups -OCH3 is 1. The third-order valence-corrected chi connectivity index (χ3v) is 4.80. The highest BCUT2D eigenvalue weighted by molar-refractivity contribution is 5.95. The number of fused-ring (bicyclic) bond motifs is 1. The smallest absolute Gasteiger partial charge is 0.253 e. The number of carbonyl (C=O) groups excluding carboxylic acids is 1. The topological polar surface area (TPSA) is 73.1 Å². The lowest BCUT2D eigenvalue weighted by Crippen LogP contribution is -2.30. The molecule has 0 saturated heterocycles. The van der Waals surface area contributed by atoms with Gasteiger partial charge in [0.1, 0.15) is 0 Å². The van der Waals surface area contributed by atoms with Crippen molar-refractivity contribution in [3.8, 4) is 17.1 Å². The number of rotatable bonds is 6. The van der Waals surface area contributed by atoms with E-state index in [4.69, 9.17) is 4.74 Å². The average Bonchev–Trinajstić information content (AvgIpc) is 3.20. The Hall–Kier alpha value is -3.74. The van der Waals surface area contributed by atoms with E-state index in [-0.39, 0.29) is 5.91 Å². The van der Waals surface area contributed by atoms with Gasteiger partial charge in [-0.1, -0.05) is 24.3 Å². The van der Waals surface area contributed by atoms with Crippen LogP contribution in [-0.2, 0) is 6.54 Å². The Bertz CT molecular complexity index is 1140. The lowest BCUT2D eigenvalue weighted by Gasteiger charge is -2.18. The lowest BCUT2D eigenvalue weighted by molar-refractivity contribution is 0.0790. The Morgan fingerprint density at radius 3 is 2.72 bits per heavy atom. The fourth-order valence-electron chi connectivity index (χ4n) is 3.16. The molecule has 2 aromatic carbocycles. The molecule has 146 valence electrons. The first-order valence-corrected chi connectivity index (χ1v) is 9.29. The van der Waals surface area contributed by atoms with Gasteiger partial charge in [0.2, 0.25) is 5.88 Å². The van der Waals surface area contributed by atoms with E-state index in [0.717, 1.165) is 16.6 Å². The highest BCUT2D eigenvalue weighted by atomic mass is 16.5. The second-order valence-electron chi connectivity index (χ2n) is 6.70. The zero-order valence-corrected chi connectivity index (χ0v) is 16.3. The molecule has 29 heavy (non-hydrogen) atoms. The number of para-hydroxylation sites is 2. The number of imidazole rings is 1. The maximum absolute atomic E-state index is 12.9. The van der Waals surface area contributed by atoms with Gasteiger partial charge < -0.3 is 14.2 Å².